The van der Waals surface area contributed by atoms with E-state index in [1.807, 2.05) is 0 Å². The number of nitrogens with two attached hydrogens (primary N) is 1. The second-order valence-corrected chi connectivity index (χ2v) is 4.62. The first-order valence-electron chi connectivity index (χ1n) is 6.39. The van der Waals surface area contributed by atoms with Gasteiger partial charge in [-0.05, 0) is 45.1 Å². The molecule has 0 aromatic carbocycles. The lowest BCUT2D eigenvalue weighted by molar-refractivity contribution is 0.312. The molecule has 0 amide bonds. The lowest BCUT2D eigenvalue weighted by atomic mass is 9.92. The molecule has 0 aliphatic heterocycles. The van der Waals surface area contributed by atoms with Crippen molar-refractivity contribution in [3.8, 4) is 0 Å². The van der Waals surface area contributed by atoms with Gasteiger partial charge in [-0.3, -0.25) is 0 Å². The van der Waals surface area contributed by atoms with E-state index in [2.05, 4.69) is 25.2 Å². The van der Waals surface area contributed by atoms with E-state index in [1.165, 1.54) is 25.7 Å². The summed E-state index contributed by atoms with van der Waals surface area (Å²) in [4.78, 5) is 0. The molecule has 2 heteroatoms. The summed E-state index contributed by atoms with van der Waals surface area (Å²) in [6, 6.07) is 0. The smallest absolute Gasteiger partial charge is 0.0298 e. The molecule has 15 heavy (non-hydrogen) atoms. The largest absolute Gasteiger partial charge is 0.329 e. The van der Waals surface area contributed by atoms with Crippen LogP contribution in [-0.2, 0) is 0 Å². The summed E-state index contributed by atoms with van der Waals surface area (Å²) in [5.74, 6) is 0. The Labute approximate surface area is 94.3 Å². The van der Waals surface area contributed by atoms with Crippen molar-refractivity contribution in [1.29, 1.82) is 0 Å². The van der Waals surface area contributed by atoms with Crippen LogP contribution in [0.5, 0.6) is 0 Å². The molecule has 0 radical (unpaired) electrons. The van der Waals surface area contributed by atoms with E-state index in [-0.39, 0.29) is 5.54 Å². The van der Waals surface area contributed by atoms with Crippen LogP contribution in [0.2, 0.25) is 0 Å². The fourth-order valence-electron chi connectivity index (χ4n) is 2.31. The van der Waals surface area contributed by atoms with E-state index in [4.69, 9.17) is 5.73 Å². The Bertz CT molecular complexity index is 196. The van der Waals surface area contributed by atoms with Crippen LogP contribution in [0.1, 0.15) is 52.4 Å². The summed E-state index contributed by atoms with van der Waals surface area (Å²) in [5, 5.41) is 3.64. The first kappa shape index (κ1) is 12.7. The van der Waals surface area contributed by atoms with Crippen molar-refractivity contribution in [3.05, 3.63) is 11.6 Å². The normalized spacial score (nSPS) is 16.9. The molecule has 0 atom stereocenters. The van der Waals surface area contributed by atoms with E-state index in [9.17, 15) is 0 Å². The predicted octanol–water partition coefficient (Wildman–Crippen LogP) is 2.59. The summed E-state index contributed by atoms with van der Waals surface area (Å²) >= 11 is 0. The molecular formula is C13H26N2. The molecule has 0 unspecified atom stereocenters. The van der Waals surface area contributed by atoms with Gasteiger partial charge in [0.25, 0.3) is 0 Å². The molecule has 1 aliphatic carbocycles. The molecule has 0 heterocycles. The number of allylic oxidation sites excluding steroid dienone is 1. The average molecular weight is 210 g/mol. The lowest BCUT2D eigenvalue weighted by Crippen LogP contribution is -2.50. The van der Waals surface area contributed by atoms with E-state index in [0.717, 1.165) is 25.9 Å². The van der Waals surface area contributed by atoms with E-state index in [1.54, 1.807) is 5.57 Å². The van der Waals surface area contributed by atoms with Crippen LogP contribution in [0.15, 0.2) is 11.6 Å². The molecule has 0 bridgehead atoms. The van der Waals surface area contributed by atoms with Gasteiger partial charge in [-0.15, -0.1) is 0 Å². The van der Waals surface area contributed by atoms with Crippen LogP contribution in [0.25, 0.3) is 0 Å². The minimum atomic E-state index is 0.180. The zero-order valence-electron chi connectivity index (χ0n) is 10.3. The molecule has 3 N–H and O–H groups in total. The maximum Gasteiger partial charge on any atom is 0.0298 e. The second-order valence-electron chi connectivity index (χ2n) is 4.62. The average Bonchev–Trinajstić information content (AvgIpc) is 2.78. The van der Waals surface area contributed by atoms with Crippen LogP contribution in [0.4, 0.5) is 0 Å². The molecule has 0 saturated carbocycles. The quantitative estimate of drug-likeness (QED) is 0.634. The van der Waals surface area contributed by atoms with Crippen LogP contribution in [0.3, 0.4) is 0 Å². The highest BCUT2D eigenvalue weighted by Gasteiger charge is 2.22. The fourth-order valence-corrected chi connectivity index (χ4v) is 2.31. The van der Waals surface area contributed by atoms with Crippen molar-refractivity contribution in [1.82, 2.24) is 5.32 Å². The standard InChI is InChI=1S/C13H26N2/c1-3-13(4-2,11-14)15-10-9-12-7-5-6-8-12/h7,15H,3-6,8-11,14H2,1-2H3. The molecule has 2 nitrogen and oxygen atoms in total. The van der Waals surface area contributed by atoms with Crippen molar-refractivity contribution in [3.63, 3.8) is 0 Å². The maximum absolute atomic E-state index is 5.85. The molecule has 1 rings (SSSR count). The first-order valence-corrected chi connectivity index (χ1v) is 6.39. The topological polar surface area (TPSA) is 38.0 Å². The van der Waals surface area contributed by atoms with Crippen molar-refractivity contribution >= 4 is 0 Å². The fraction of sp³-hybridized carbons (Fsp3) is 0.846. The zero-order chi connectivity index (χ0) is 11.1. The summed E-state index contributed by atoms with van der Waals surface area (Å²) in [6.07, 6.45) is 9.83. The lowest BCUT2D eigenvalue weighted by Gasteiger charge is -2.31. The summed E-state index contributed by atoms with van der Waals surface area (Å²) in [5.41, 5.74) is 7.67. The van der Waals surface area contributed by atoms with Gasteiger partial charge in [0, 0.05) is 12.1 Å². The summed E-state index contributed by atoms with van der Waals surface area (Å²) < 4.78 is 0. The molecule has 0 saturated heterocycles. The van der Waals surface area contributed by atoms with Crippen molar-refractivity contribution in [2.75, 3.05) is 13.1 Å². The molecule has 0 aromatic heterocycles. The van der Waals surface area contributed by atoms with E-state index < -0.39 is 0 Å². The molecule has 0 spiro atoms. The van der Waals surface area contributed by atoms with Crippen LogP contribution >= 0.6 is 0 Å². The summed E-state index contributed by atoms with van der Waals surface area (Å²) in [7, 11) is 0. The molecular weight excluding hydrogens is 184 g/mol. The van der Waals surface area contributed by atoms with Gasteiger partial charge < -0.3 is 11.1 Å². The molecule has 88 valence electrons. The monoisotopic (exact) mass is 210 g/mol. The number of hydrogen-bond donors (Lipinski definition) is 2. The van der Waals surface area contributed by atoms with E-state index in [0.29, 0.717) is 0 Å². The van der Waals surface area contributed by atoms with Gasteiger partial charge in [0.1, 0.15) is 0 Å². The third-order valence-electron chi connectivity index (χ3n) is 3.83. The van der Waals surface area contributed by atoms with Gasteiger partial charge in [-0.2, -0.15) is 0 Å². The van der Waals surface area contributed by atoms with Crippen LogP contribution in [0, 0.1) is 0 Å². The molecule has 0 fully saturated rings. The van der Waals surface area contributed by atoms with Gasteiger partial charge in [0.2, 0.25) is 0 Å². The van der Waals surface area contributed by atoms with Gasteiger partial charge in [0.15, 0.2) is 0 Å². The summed E-state index contributed by atoms with van der Waals surface area (Å²) in [6.45, 7) is 6.28. The number of rotatable bonds is 7. The Balaban J connectivity index is 2.27. The minimum absolute atomic E-state index is 0.180. The highest BCUT2D eigenvalue weighted by atomic mass is 15.0. The molecule has 1 aliphatic rings. The Morgan fingerprint density at radius 1 is 1.40 bits per heavy atom. The van der Waals surface area contributed by atoms with Gasteiger partial charge >= 0.3 is 0 Å². The second kappa shape index (κ2) is 6.29. The van der Waals surface area contributed by atoms with Gasteiger partial charge in [-0.1, -0.05) is 25.5 Å². The van der Waals surface area contributed by atoms with Crippen LogP contribution in [-0.4, -0.2) is 18.6 Å². The highest BCUT2D eigenvalue weighted by Crippen LogP contribution is 2.20. The zero-order valence-corrected chi connectivity index (χ0v) is 10.3. The highest BCUT2D eigenvalue weighted by molar-refractivity contribution is 5.07. The minimum Gasteiger partial charge on any atom is -0.329 e. The Morgan fingerprint density at radius 3 is 2.60 bits per heavy atom. The third-order valence-corrected chi connectivity index (χ3v) is 3.83. The van der Waals surface area contributed by atoms with Crippen molar-refractivity contribution in [2.45, 2.75) is 57.9 Å². The predicted molar refractivity (Wildman–Crippen MR) is 66.9 cm³/mol. The Kier molecular flexibility index (Phi) is 5.34. The van der Waals surface area contributed by atoms with Crippen molar-refractivity contribution in [2.24, 2.45) is 5.73 Å². The van der Waals surface area contributed by atoms with Gasteiger partial charge in [-0.25, -0.2) is 0 Å². The van der Waals surface area contributed by atoms with E-state index >= 15 is 0 Å². The Hall–Kier alpha value is -0.340. The van der Waals surface area contributed by atoms with Crippen LogP contribution < -0.4 is 11.1 Å². The third kappa shape index (κ3) is 3.62. The molecule has 0 aromatic rings. The Morgan fingerprint density at radius 2 is 2.13 bits per heavy atom. The number of nitrogens with one attached hydrogen (secondary N) is 1. The SMILES string of the molecule is CCC(CC)(CN)NCCC1=CCCC1. The van der Waals surface area contributed by atoms with Gasteiger partial charge in [0.05, 0.1) is 0 Å². The number of hydrogen-bond acceptors (Lipinski definition) is 2. The first-order chi connectivity index (χ1) is 7.26. The maximum atomic E-state index is 5.85. The van der Waals surface area contributed by atoms with Crippen molar-refractivity contribution < 1.29 is 0 Å².